The van der Waals surface area contributed by atoms with Crippen molar-refractivity contribution in [2.75, 3.05) is 5.73 Å². The number of nitrogens with zero attached hydrogens (tertiary/aromatic N) is 2. The zero-order valence-corrected chi connectivity index (χ0v) is 12.5. The molecule has 20 heavy (non-hydrogen) atoms. The second-order valence-corrected chi connectivity index (χ2v) is 5.59. The smallest absolute Gasteiger partial charge is 0.0891 e. The Morgan fingerprint density at radius 2 is 2.20 bits per heavy atom. The van der Waals surface area contributed by atoms with Gasteiger partial charge in [-0.1, -0.05) is 24.6 Å². The van der Waals surface area contributed by atoms with Crippen LogP contribution in [0.25, 0.3) is 11.6 Å². The molecule has 3 rings (SSSR count). The second kappa shape index (κ2) is 4.98. The highest BCUT2D eigenvalue weighted by atomic mass is 35.5. The first-order valence-corrected chi connectivity index (χ1v) is 7.28. The molecule has 0 saturated carbocycles. The first-order chi connectivity index (χ1) is 9.60. The van der Waals surface area contributed by atoms with Crippen LogP contribution in [0.5, 0.6) is 0 Å². The minimum atomic E-state index is 0.770. The van der Waals surface area contributed by atoms with E-state index in [1.165, 1.54) is 16.7 Å². The van der Waals surface area contributed by atoms with Crippen molar-refractivity contribution in [1.29, 1.82) is 0 Å². The van der Waals surface area contributed by atoms with Crippen molar-refractivity contribution in [2.24, 2.45) is 7.05 Å². The number of halogens is 1. The maximum Gasteiger partial charge on any atom is 0.0891 e. The van der Waals surface area contributed by atoms with E-state index in [4.69, 9.17) is 17.3 Å². The lowest BCUT2D eigenvalue weighted by Crippen LogP contribution is -1.94. The number of nitrogens with two attached hydrogens (primary N) is 1. The Morgan fingerprint density at radius 3 is 2.90 bits per heavy atom. The molecular weight excluding hydrogens is 270 g/mol. The number of rotatable bonds is 2. The number of anilines is 1. The fourth-order valence-electron chi connectivity index (χ4n) is 2.80. The molecule has 0 saturated heterocycles. The number of hydrogen-bond acceptors (Lipinski definition) is 2. The van der Waals surface area contributed by atoms with Gasteiger partial charge in [0.2, 0.25) is 0 Å². The van der Waals surface area contributed by atoms with Gasteiger partial charge in [-0.15, -0.1) is 0 Å². The molecule has 0 amide bonds. The number of fused-ring (bicyclic) bond motifs is 1. The third kappa shape index (κ3) is 2.12. The lowest BCUT2D eigenvalue weighted by Gasteiger charge is -2.03. The summed E-state index contributed by atoms with van der Waals surface area (Å²) in [6, 6.07) is 6.13. The van der Waals surface area contributed by atoms with Crippen LogP contribution in [0.2, 0.25) is 5.02 Å². The van der Waals surface area contributed by atoms with Crippen LogP contribution < -0.4 is 5.73 Å². The highest BCUT2D eigenvalue weighted by Gasteiger charge is 2.18. The van der Waals surface area contributed by atoms with Crippen molar-refractivity contribution < 1.29 is 0 Å². The van der Waals surface area contributed by atoms with Crippen LogP contribution in [-0.4, -0.2) is 9.78 Å². The minimum absolute atomic E-state index is 0.770. The summed E-state index contributed by atoms with van der Waals surface area (Å²) >= 11 is 6.41. The summed E-state index contributed by atoms with van der Waals surface area (Å²) in [6.45, 7) is 2.07. The normalized spacial score (nSPS) is 15.8. The zero-order chi connectivity index (χ0) is 14.3. The number of allylic oxidation sites excluding steroid dienone is 1. The molecule has 1 aliphatic rings. The molecule has 0 bridgehead atoms. The third-order valence-electron chi connectivity index (χ3n) is 3.88. The molecule has 2 N–H and O–H groups in total. The van der Waals surface area contributed by atoms with E-state index in [0.29, 0.717) is 0 Å². The number of benzene rings is 1. The van der Waals surface area contributed by atoms with E-state index in [0.717, 1.165) is 41.4 Å². The van der Waals surface area contributed by atoms with E-state index >= 15 is 0 Å². The SMILES string of the molecule is CCc1nn(C)c(C=C2CCc3cc(N)ccc32)c1Cl. The van der Waals surface area contributed by atoms with Gasteiger partial charge in [0.05, 0.1) is 16.4 Å². The van der Waals surface area contributed by atoms with Crippen LogP contribution in [0, 0.1) is 0 Å². The van der Waals surface area contributed by atoms with Gasteiger partial charge >= 0.3 is 0 Å². The van der Waals surface area contributed by atoms with Gasteiger partial charge in [0, 0.05) is 12.7 Å². The molecule has 4 heteroatoms. The van der Waals surface area contributed by atoms with E-state index in [-0.39, 0.29) is 0 Å². The molecule has 0 aliphatic heterocycles. The van der Waals surface area contributed by atoms with Crippen molar-refractivity contribution in [1.82, 2.24) is 9.78 Å². The van der Waals surface area contributed by atoms with Crippen molar-refractivity contribution in [3.63, 3.8) is 0 Å². The lowest BCUT2D eigenvalue weighted by atomic mass is 10.1. The Labute approximate surface area is 124 Å². The van der Waals surface area contributed by atoms with Gasteiger partial charge in [-0.25, -0.2) is 0 Å². The molecule has 2 aromatic rings. The van der Waals surface area contributed by atoms with Crippen molar-refractivity contribution in [3.8, 4) is 0 Å². The van der Waals surface area contributed by atoms with Crippen LogP contribution >= 0.6 is 11.6 Å². The highest BCUT2D eigenvalue weighted by Crippen LogP contribution is 2.36. The average Bonchev–Trinajstić information content (AvgIpc) is 2.94. The van der Waals surface area contributed by atoms with Gasteiger partial charge in [-0.3, -0.25) is 4.68 Å². The molecule has 0 spiro atoms. The largest absolute Gasteiger partial charge is 0.399 e. The quantitative estimate of drug-likeness (QED) is 0.856. The number of aryl methyl sites for hydroxylation is 3. The maximum absolute atomic E-state index is 6.41. The van der Waals surface area contributed by atoms with Gasteiger partial charge in [-0.05, 0) is 54.2 Å². The number of aromatic nitrogens is 2. The van der Waals surface area contributed by atoms with Crippen LogP contribution in [-0.2, 0) is 19.9 Å². The van der Waals surface area contributed by atoms with Gasteiger partial charge in [0.15, 0.2) is 0 Å². The summed E-state index contributed by atoms with van der Waals surface area (Å²) in [4.78, 5) is 0. The van der Waals surface area contributed by atoms with E-state index in [9.17, 15) is 0 Å². The predicted octanol–water partition coefficient (Wildman–Crippen LogP) is 3.70. The zero-order valence-electron chi connectivity index (χ0n) is 11.8. The number of hydrogen-bond donors (Lipinski definition) is 1. The molecule has 1 aromatic heterocycles. The topological polar surface area (TPSA) is 43.8 Å². The average molecular weight is 288 g/mol. The Morgan fingerprint density at radius 1 is 1.40 bits per heavy atom. The minimum Gasteiger partial charge on any atom is -0.399 e. The first kappa shape index (κ1) is 13.3. The van der Waals surface area contributed by atoms with Gasteiger partial charge in [-0.2, -0.15) is 5.10 Å². The van der Waals surface area contributed by atoms with E-state index in [2.05, 4.69) is 30.2 Å². The van der Waals surface area contributed by atoms with Crippen LogP contribution in [0.3, 0.4) is 0 Å². The standard InChI is InChI=1S/C16H18ClN3/c1-3-14-16(17)15(20(2)19-14)9-11-5-4-10-8-12(18)6-7-13(10)11/h6-9H,3-5,18H2,1-2H3. The molecule has 0 unspecified atom stereocenters. The Balaban J connectivity index is 2.06. The number of nitrogen functional groups attached to an aromatic ring is 1. The molecule has 1 aromatic carbocycles. The monoisotopic (exact) mass is 287 g/mol. The molecule has 0 atom stereocenters. The van der Waals surface area contributed by atoms with Crippen molar-refractivity contribution in [2.45, 2.75) is 26.2 Å². The fraction of sp³-hybridized carbons (Fsp3) is 0.312. The molecule has 104 valence electrons. The van der Waals surface area contributed by atoms with E-state index in [1.54, 1.807) is 0 Å². The Hall–Kier alpha value is -1.74. The van der Waals surface area contributed by atoms with Gasteiger partial charge in [0.25, 0.3) is 0 Å². The Bertz CT molecular complexity index is 698. The molecule has 0 radical (unpaired) electrons. The van der Waals surface area contributed by atoms with Crippen LogP contribution in [0.4, 0.5) is 5.69 Å². The predicted molar refractivity (Wildman–Crippen MR) is 84.6 cm³/mol. The highest BCUT2D eigenvalue weighted by molar-refractivity contribution is 6.32. The summed E-state index contributed by atoms with van der Waals surface area (Å²) in [5.41, 5.74) is 12.5. The summed E-state index contributed by atoms with van der Waals surface area (Å²) < 4.78 is 1.86. The van der Waals surface area contributed by atoms with Crippen LogP contribution in [0.1, 0.15) is 35.9 Å². The third-order valence-corrected chi connectivity index (χ3v) is 4.29. The summed E-state index contributed by atoms with van der Waals surface area (Å²) in [5, 5.41) is 5.23. The van der Waals surface area contributed by atoms with E-state index in [1.807, 2.05) is 17.8 Å². The summed E-state index contributed by atoms with van der Waals surface area (Å²) in [5.74, 6) is 0. The van der Waals surface area contributed by atoms with Crippen LogP contribution in [0.15, 0.2) is 18.2 Å². The summed E-state index contributed by atoms with van der Waals surface area (Å²) in [6.07, 6.45) is 5.09. The van der Waals surface area contributed by atoms with E-state index < -0.39 is 0 Å². The second-order valence-electron chi connectivity index (χ2n) is 5.21. The molecule has 3 nitrogen and oxygen atoms in total. The van der Waals surface area contributed by atoms with Crippen molar-refractivity contribution >= 4 is 28.9 Å². The van der Waals surface area contributed by atoms with Gasteiger partial charge < -0.3 is 5.73 Å². The Kier molecular flexibility index (Phi) is 3.30. The first-order valence-electron chi connectivity index (χ1n) is 6.91. The fourth-order valence-corrected chi connectivity index (χ4v) is 3.15. The molecule has 0 fully saturated rings. The van der Waals surface area contributed by atoms with Gasteiger partial charge in [0.1, 0.15) is 0 Å². The van der Waals surface area contributed by atoms with Crippen molar-refractivity contribution in [3.05, 3.63) is 45.7 Å². The molecule has 1 heterocycles. The maximum atomic E-state index is 6.41. The lowest BCUT2D eigenvalue weighted by molar-refractivity contribution is 0.739. The summed E-state index contributed by atoms with van der Waals surface area (Å²) in [7, 11) is 1.94. The molecular formula is C16H18ClN3. The molecule has 1 aliphatic carbocycles.